The van der Waals surface area contributed by atoms with Crippen molar-refractivity contribution in [2.24, 2.45) is 0 Å². The Morgan fingerprint density at radius 2 is 2.23 bits per heavy atom. The predicted octanol–water partition coefficient (Wildman–Crippen LogP) is 1.09. The molecule has 1 N–H and O–H groups in total. The lowest BCUT2D eigenvalue weighted by atomic mass is 10.2. The van der Waals surface area contributed by atoms with Gasteiger partial charge in [-0.2, -0.15) is 5.26 Å². The molecule has 2 amide bonds. The monoisotopic (exact) mass is 181 g/mol. The van der Waals surface area contributed by atoms with Gasteiger partial charge in [0, 0.05) is 19.1 Å². The van der Waals surface area contributed by atoms with E-state index in [2.05, 4.69) is 5.32 Å². The number of hydrogen-bond donors (Lipinski definition) is 1. The first-order valence-corrected chi connectivity index (χ1v) is 4.66. The first-order chi connectivity index (χ1) is 6.24. The highest BCUT2D eigenvalue weighted by atomic mass is 16.2. The Morgan fingerprint density at radius 1 is 1.62 bits per heavy atom. The number of amides is 2. The smallest absolute Gasteiger partial charge is 0.317 e. The molecule has 1 heterocycles. The second-order valence-electron chi connectivity index (χ2n) is 3.41. The van der Waals surface area contributed by atoms with Gasteiger partial charge in [-0.15, -0.1) is 0 Å². The summed E-state index contributed by atoms with van der Waals surface area (Å²) in [6.45, 7) is 3.55. The van der Waals surface area contributed by atoms with E-state index in [9.17, 15) is 4.79 Å². The van der Waals surface area contributed by atoms with E-state index in [1.165, 1.54) is 0 Å². The van der Waals surface area contributed by atoms with Crippen LogP contribution in [-0.4, -0.2) is 30.1 Å². The van der Waals surface area contributed by atoms with Gasteiger partial charge in [-0.1, -0.05) is 0 Å². The van der Waals surface area contributed by atoms with Crippen LogP contribution in [0.1, 0.15) is 26.2 Å². The minimum Gasteiger partial charge on any atom is -0.335 e. The molecule has 0 bridgehead atoms. The second kappa shape index (κ2) is 4.70. The molecule has 1 atom stereocenters. The molecule has 0 aromatic heterocycles. The Balaban J connectivity index is 2.28. The predicted molar refractivity (Wildman–Crippen MR) is 49.0 cm³/mol. The molecule has 1 saturated heterocycles. The third kappa shape index (κ3) is 2.94. The first kappa shape index (κ1) is 9.85. The summed E-state index contributed by atoms with van der Waals surface area (Å²) in [6.07, 6.45) is 2.57. The topological polar surface area (TPSA) is 56.1 Å². The van der Waals surface area contributed by atoms with Crippen molar-refractivity contribution in [2.75, 3.05) is 13.1 Å². The zero-order chi connectivity index (χ0) is 9.68. The Kier molecular flexibility index (Phi) is 3.56. The molecule has 1 rings (SSSR count). The van der Waals surface area contributed by atoms with Crippen LogP contribution in [0, 0.1) is 11.3 Å². The standard InChI is InChI=1S/C9H15N3O/c1-8(4-5-10)11-9(13)12-6-2-3-7-12/h8H,2-4,6-7H2,1H3,(H,11,13). The van der Waals surface area contributed by atoms with Gasteiger partial charge < -0.3 is 10.2 Å². The number of hydrogen-bond acceptors (Lipinski definition) is 2. The molecule has 1 aliphatic rings. The van der Waals surface area contributed by atoms with Gasteiger partial charge in [0.25, 0.3) is 0 Å². The van der Waals surface area contributed by atoms with Crippen molar-refractivity contribution in [1.82, 2.24) is 10.2 Å². The lowest BCUT2D eigenvalue weighted by Crippen LogP contribution is -2.42. The van der Waals surface area contributed by atoms with Crippen LogP contribution >= 0.6 is 0 Å². The molecule has 0 aliphatic carbocycles. The molecule has 1 aliphatic heterocycles. The third-order valence-corrected chi connectivity index (χ3v) is 2.16. The van der Waals surface area contributed by atoms with Gasteiger partial charge in [0.15, 0.2) is 0 Å². The SMILES string of the molecule is CC(CC#N)NC(=O)N1CCCC1. The molecule has 0 aromatic rings. The minimum atomic E-state index is -0.0434. The second-order valence-corrected chi connectivity index (χ2v) is 3.41. The molecule has 4 heteroatoms. The van der Waals surface area contributed by atoms with Crippen LogP contribution in [0.4, 0.5) is 4.79 Å². The molecule has 13 heavy (non-hydrogen) atoms. The summed E-state index contributed by atoms with van der Waals surface area (Å²) in [5, 5.41) is 11.2. The number of carbonyl (C=O) groups excluding carboxylic acids is 1. The van der Waals surface area contributed by atoms with Crippen molar-refractivity contribution < 1.29 is 4.79 Å². The van der Waals surface area contributed by atoms with Gasteiger partial charge in [-0.3, -0.25) is 0 Å². The lowest BCUT2D eigenvalue weighted by molar-refractivity contribution is 0.205. The first-order valence-electron chi connectivity index (χ1n) is 4.66. The van der Waals surface area contributed by atoms with Gasteiger partial charge in [-0.25, -0.2) is 4.79 Å². The third-order valence-electron chi connectivity index (χ3n) is 2.16. The fraction of sp³-hybridized carbons (Fsp3) is 0.778. The van der Waals surface area contributed by atoms with Crippen LogP contribution in [0.25, 0.3) is 0 Å². The zero-order valence-electron chi connectivity index (χ0n) is 7.92. The highest BCUT2D eigenvalue weighted by molar-refractivity contribution is 5.74. The van der Waals surface area contributed by atoms with E-state index in [-0.39, 0.29) is 12.1 Å². The Morgan fingerprint density at radius 3 is 2.77 bits per heavy atom. The zero-order valence-corrected chi connectivity index (χ0v) is 7.92. The van der Waals surface area contributed by atoms with E-state index in [0.717, 1.165) is 25.9 Å². The molecular weight excluding hydrogens is 166 g/mol. The van der Waals surface area contributed by atoms with Crippen LogP contribution in [0.3, 0.4) is 0 Å². The summed E-state index contributed by atoms with van der Waals surface area (Å²) in [7, 11) is 0. The maximum Gasteiger partial charge on any atom is 0.317 e. The number of rotatable bonds is 2. The average Bonchev–Trinajstić information content (AvgIpc) is 2.55. The fourth-order valence-electron chi connectivity index (χ4n) is 1.41. The summed E-state index contributed by atoms with van der Waals surface area (Å²) in [4.78, 5) is 13.2. The number of nitrogens with one attached hydrogen (secondary N) is 1. The summed E-state index contributed by atoms with van der Waals surface area (Å²) >= 11 is 0. The molecule has 0 aromatic carbocycles. The normalized spacial score (nSPS) is 18.0. The van der Waals surface area contributed by atoms with Gasteiger partial charge >= 0.3 is 6.03 Å². The van der Waals surface area contributed by atoms with Gasteiger partial charge in [0.2, 0.25) is 0 Å². The molecule has 72 valence electrons. The van der Waals surface area contributed by atoms with Crippen LogP contribution in [0.15, 0.2) is 0 Å². The summed E-state index contributed by atoms with van der Waals surface area (Å²) in [5.41, 5.74) is 0. The van der Waals surface area contributed by atoms with Gasteiger partial charge in [0.1, 0.15) is 0 Å². The maximum absolute atomic E-state index is 11.4. The van der Waals surface area contributed by atoms with Crippen molar-refractivity contribution in [1.29, 1.82) is 5.26 Å². The lowest BCUT2D eigenvalue weighted by Gasteiger charge is -2.18. The van der Waals surface area contributed by atoms with E-state index < -0.39 is 0 Å². The van der Waals surface area contributed by atoms with E-state index in [0.29, 0.717) is 6.42 Å². The molecule has 0 spiro atoms. The molecule has 1 unspecified atom stereocenters. The average molecular weight is 181 g/mol. The van der Waals surface area contributed by atoms with E-state index in [1.807, 2.05) is 13.0 Å². The Hall–Kier alpha value is -1.24. The van der Waals surface area contributed by atoms with E-state index in [1.54, 1.807) is 4.90 Å². The Labute approximate surface area is 78.5 Å². The van der Waals surface area contributed by atoms with Crippen molar-refractivity contribution >= 4 is 6.03 Å². The highest BCUT2D eigenvalue weighted by Gasteiger charge is 2.18. The number of likely N-dealkylation sites (tertiary alicyclic amines) is 1. The van der Waals surface area contributed by atoms with Crippen molar-refractivity contribution in [3.8, 4) is 6.07 Å². The Bertz CT molecular complexity index is 215. The highest BCUT2D eigenvalue weighted by Crippen LogP contribution is 2.07. The van der Waals surface area contributed by atoms with Crippen LogP contribution in [0.5, 0.6) is 0 Å². The largest absolute Gasteiger partial charge is 0.335 e. The maximum atomic E-state index is 11.4. The van der Waals surface area contributed by atoms with E-state index >= 15 is 0 Å². The molecule has 0 saturated carbocycles. The fourth-order valence-corrected chi connectivity index (χ4v) is 1.41. The number of nitrogens with zero attached hydrogens (tertiary/aromatic N) is 2. The number of carbonyl (C=O) groups is 1. The van der Waals surface area contributed by atoms with Crippen LogP contribution in [-0.2, 0) is 0 Å². The summed E-state index contributed by atoms with van der Waals surface area (Å²) < 4.78 is 0. The van der Waals surface area contributed by atoms with E-state index in [4.69, 9.17) is 5.26 Å². The summed E-state index contributed by atoms with van der Waals surface area (Å²) in [6, 6.07) is 1.96. The van der Waals surface area contributed by atoms with Crippen molar-refractivity contribution in [2.45, 2.75) is 32.2 Å². The molecule has 4 nitrogen and oxygen atoms in total. The van der Waals surface area contributed by atoms with Crippen LogP contribution < -0.4 is 5.32 Å². The minimum absolute atomic E-state index is 0.0275. The molecule has 0 radical (unpaired) electrons. The summed E-state index contributed by atoms with van der Waals surface area (Å²) in [5.74, 6) is 0. The van der Waals surface area contributed by atoms with Gasteiger partial charge in [0.05, 0.1) is 12.5 Å². The molecule has 1 fully saturated rings. The number of nitriles is 1. The van der Waals surface area contributed by atoms with Crippen molar-refractivity contribution in [3.63, 3.8) is 0 Å². The van der Waals surface area contributed by atoms with Crippen LogP contribution in [0.2, 0.25) is 0 Å². The molecular formula is C9H15N3O. The quantitative estimate of drug-likeness (QED) is 0.693. The van der Waals surface area contributed by atoms with Crippen molar-refractivity contribution in [3.05, 3.63) is 0 Å². The van der Waals surface area contributed by atoms with Gasteiger partial charge in [-0.05, 0) is 19.8 Å². The number of urea groups is 1.